The van der Waals surface area contributed by atoms with E-state index in [0.29, 0.717) is 0 Å². The molecule has 15 heavy (non-hydrogen) atoms. The average molecular weight is 274 g/mol. The molecule has 84 valence electrons. The van der Waals surface area contributed by atoms with Crippen molar-refractivity contribution in [3.63, 3.8) is 0 Å². The van der Waals surface area contributed by atoms with Gasteiger partial charge in [0.2, 0.25) is 0 Å². The zero-order chi connectivity index (χ0) is 11.6. The highest BCUT2D eigenvalue weighted by Gasteiger charge is 2.27. The number of hydrogen-bond acceptors (Lipinski definition) is 4. The summed E-state index contributed by atoms with van der Waals surface area (Å²) in [5.41, 5.74) is -0.779. The molecule has 1 unspecified atom stereocenters. The largest absolute Gasteiger partial charge is 0.388 e. The predicted molar refractivity (Wildman–Crippen MR) is 63.9 cm³/mol. The normalized spacial score (nSPS) is 13.7. The maximum Gasteiger partial charge on any atom is 0.146 e. The first-order chi connectivity index (χ1) is 6.84. The summed E-state index contributed by atoms with van der Waals surface area (Å²) in [6, 6.07) is -0.0382. The van der Waals surface area contributed by atoms with Gasteiger partial charge in [0, 0.05) is 13.2 Å². The van der Waals surface area contributed by atoms with Crippen LogP contribution in [0.1, 0.15) is 20.8 Å². The molecule has 0 radical (unpaired) electrons. The van der Waals surface area contributed by atoms with E-state index in [0.717, 1.165) is 10.3 Å². The monoisotopic (exact) mass is 273 g/mol. The lowest BCUT2D eigenvalue weighted by molar-refractivity contribution is 0.0563. The van der Waals surface area contributed by atoms with E-state index < -0.39 is 5.60 Å². The summed E-state index contributed by atoms with van der Waals surface area (Å²) in [5, 5.41) is 9.91. The van der Waals surface area contributed by atoms with E-state index in [-0.39, 0.29) is 6.04 Å². The van der Waals surface area contributed by atoms with Crippen molar-refractivity contribution in [3.05, 3.63) is 17.0 Å². The highest BCUT2D eigenvalue weighted by molar-refractivity contribution is 9.10. The molecular formula is C10H16BrN3O. The molecule has 1 aromatic heterocycles. The molecule has 1 rings (SSSR count). The van der Waals surface area contributed by atoms with E-state index >= 15 is 0 Å². The third-order valence-corrected chi connectivity index (χ3v) is 3.14. The molecule has 0 aliphatic rings. The predicted octanol–water partition coefficient (Wildman–Crippen LogP) is 1.83. The SMILES string of the molecule is CC(N(C)c1ncncc1Br)C(C)(C)O. The number of nitrogens with zero attached hydrogens (tertiary/aromatic N) is 3. The minimum atomic E-state index is -0.779. The van der Waals surface area contributed by atoms with Gasteiger partial charge in [0.1, 0.15) is 12.1 Å². The summed E-state index contributed by atoms with van der Waals surface area (Å²) in [6.07, 6.45) is 3.18. The number of anilines is 1. The van der Waals surface area contributed by atoms with Crippen molar-refractivity contribution < 1.29 is 5.11 Å². The molecule has 0 spiro atoms. The van der Waals surface area contributed by atoms with Crippen LogP contribution in [0.2, 0.25) is 0 Å². The zero-order valence-corrected chi connectivity index (χ0v) is 11.0. The Kier molecular flexibility index (Phi) is 3.67. The van der Waals surface area contributed by atoms with Crippen LogP contribution in [0.4, 0.5) is 5.82 Å². The lowest BCUT2D eigenvalue weighted by atomic mass is 10.00. The Balaban J connectivity index is 2.95. The Morgan fingerprint density at radius 2 is 2.13 bits per heavy atom. The fourth-order valence-corrected chi connectivity index (χ4v) is 1.72. The highest BCUT2D eigenvalue weighted by atomic mass is 79.9. The standard InChI is InChI=1S/C10H16BrN3O/c1-7(10(2,3)15)14(4)9-8(11)5-12-6-13-9/h5-7,15H,1-4H3. The Morgan fingerprint density at radius 3 is 2.60 bits per heavy atom. The number of halogens is 1. The van der Waals surface area contributed by atoms with Crippen molar-refractivity contribution in [1.29, 1.82) is 0 Å². The summed E-state index contributed by atoms with van der Waals surface area (Å²) in [5.74, 6) is 0.777. The molecule has 0 saturated carbocycles. The summed E-state index contributed by atoms with van der Waals surface area (Å²) >= 11 is 3.38. The number of aliphatic hydroxyl groups is 1. The van der Waals surface area contributed by atoms with Crippen molar-refractivity contribution in [2.45, 2.75) is 32.4 Å². The van der Waals surface area contributed by atoms with E-state index in [1.807, 2.05) is 18.9 Å². The maximum absolute atomic E-state index is 9.91. The topological polar surface area (TPSA) is 49.2 Å². The fraction of sp³-hybridized carbons (Fsp3) is 0.600. The highest BCUT2D eigenvalue weighted by Crippen LogP contribution is 2.25. The lowest BCUT2D eigenvalue weighted by Gasteiger charge is -2.35. The quantitative estimate of drug-likeness (QED) is 0.913. The molecule has 1 heterocycles. The molecule has 0 amide bonds. The van der Waals surface area contributed by atoms with Gasteiger partial charge in [0.05, 0.1) is 16.1 Å². The molecule has 4 nitrogen and oxygen atoms in total. The van der Waals surface area contributed by atoms with Gasteiger partial charge < -0.3 is 10.0 Å². The van der Waals surface area contributed by atoms with Crippen molar-refractivity contribution in [3.8, 4) is 0 Å². The molecular weight excluding hydrogens is 258 g/mol. The first-order valence-electron chi connectivity index (χ1n) is 4.74. The number of aromatic nitrogens is 2. The lowest BCUT2D eigenvalue weighted by Crippen LogP contribution is -2.46. The summed E-state index contributed by atoms with van der Waals surface area (Å²) in [4.78, 5) is 9.99. The van der Waals surface area contributed by atoms with E-state index in [2.05, 4.69) is 25.9 Å². The molecule has 0 aromatic carbocycles. The summed E-state index contributed by atoms with van der Waals surface area (Å²) in [7, 11) is 1.90. The molecule has 0 fully saturated rings. The van der Waals surface area contributed by atoms with Gasteiger partial charge in [0.25, 0.3) is 0 Å². The molecule has 0 bridgehead atoms. The van der Waals surface area contributed by atoms with Crippen molar-refractivity contribution in [2.24, 2.45) is 0 Å². The Bertz CT molecular complexity index is 338. The van der Waals surface area contributed by atoms with Crippen LogP contribution in [0.5, 0.6) is 0 Å². The smallest absolute Gasteiger partial charge is 0.146 e. The van der Waals surface area contributed by atoms with E-state index in [1.54, 1.807) is 20.0 Å². The summed E-state index contributed by atoms with van der Waals surface area (Å²) < 4.78 is 0.823. The first-order valence-corrected chi connectivity index (χ1v) is 5.54. The molecule has 5 heteroatoms. The zero-order valence-electron chi connectivity index (χ0n) is 9.40. The second kappa shape index (κ2) is 4.45. The number of hydrogen-bond donors (Lipinski definition) is 1. The minimum Gasteiger partial charge on any atom is -0.388 e. The van der Waals surface area contributed by atoms with E-state index in [9.17, 15) is 5.11 Å². The van der Waals surface area contributed by atoms with Crippen molar-refractivity contribution in [1.82, 2.24) is 9.97 Å². The van der Waals surface area contributed by atoms with Crippen LogP contribution < -0.4 is 4.90 Å². The van der Waals surface area contributed by atoms with Crippen molar-refractivity contribution in [2.75, 3.05) is 11.9 Å². The van der Waals surface area contributed by atoms with Gasteiger partial charge in [-0.15, -0.1) is 0 Å². The van der Waals surface area contributed by atoms with Crippen LogP contribution in [0.3, 0.4) is 0 Å². The third-order valence-electron chi connectivity index (χ3n) is 2.59. The minimum absolute atomic E-state index is 0.0382. The molecule has 1 atom stereocenters. The van der Waals surface area contributed by atoms with E-state index in [4.69, 9.17) is 0 Å². The molecule has 0 saturated heterocycles. The van der Waals surface area contributed by atoms with Gasteiger partial charge in [0.15, 0.2) is 0 Å². The fourth-order valence-electron chi connectivity index (χ4n) is 1.22. The summed E-state index contributed by atoms with van der Waals surface area (Å²) in [6.45, 7) is 5.51. The van der Waals surface area contributed by atoms with Crippen LogP contribution >= 0.6 is 15.9 Å². The van der Waals surface area contributed by atoms with Crippen LogP contribution in [0.15, 0.2) is 17.0 Å². The Labute approximate surface area is 98.5 Å². The number of rotatable bonds is 3. The van der Waals surface area contributed by atoms with Crippen LogP contribution in [0, 0.1) is 0 Å². The third kappa shape index (κ3) is 2.89. The second-order valence-corrected chi connectivity index (χ2v) is 4.99. The second-order valence-electron chi connectivity index (χ2n) is 4.13. The Hall–Kier alpha value is -0.680. The number of likely N-dealkylation sites (N-methyl/N-ethyl adjacent to an activating group) is 1. The van der Waals surface area contributed by atoms with Gasteiger partial charge in [-0.3, -0.25) is 0 Å². The molecule has 1 aromatic rings. The van der Waals surface area contributed by atoms with Gasteiger partial charge in [-0.05, 0) is 36.7 Å². The van der Waals surface area contributed by atoms with Crippen LogP contribution in [-0.4, -0.2) is 33.8 Å². The van der Waals surface area contributed by atoms with E-state index in [1.165, 1.54) is 6.33 Å². The van der Waals surface area contributed by atoms with Gasteiger partial charge in [-0.2, -0.15) is 0 Å². The van der Waals surface area contributed by atoms with Gasteiger partial charge in [-0.1, -0.05) is 0 Å². The Morgan fingerprint density at radius 1 is 1.53 bits per heavy atom. The van der Waals surface area contributed by atoms with Crippen LogP contribution in [-0.2, 0) is 0 Å². The van der Waals surface area contributed by atoms with Gasteiger partial charge >= 0.3 is 0 Å². The average Bonchev–Trinajstić information content (AvgIpc) is 2.15. The maximum atomic E-state index is 9.91. The van der Waals surface area contributed by atoms with Crippen LogP contribution in [0.25, 0.3) is 0 Å². The molecule has 0 aliphatic carbocycles. The molecule has 0 aliphatic heterocycles. The first kappa shape index (κ1) is 12.4. The van der Waals surface area contributed by atoms with Gasteiger partial charge in [-0.25, -0.2) is 9.97 Å². The van der Waals surface area contributed by atoms with Crippen molar-refractivity contribution >= 4 is 21.7 Å². The molecule has 1 N–H and O–H groups in total.